The third-order valence-electron chi connectivity index (χ3n) is 12.6. The summed E-state index contributed by atoms with van der Waals surface area (Å²) in [5.41, 5.74) is 0. The number of carbonyl (C=O) groups is 3. The van der Waals surface area contributed by atoms with Crippen LogP contribution in [-0.4, -0.2) is 37.2 Å². The monoisotopic (exact) mass is 863 g/mol. The molecule has 0 fully saturated rings. The van der Waals surface area contributed by atoms with Gasteiger partial charge < -0.3 is 14.2 Å². The summed E-state index contributed by atoms with van der Waals surface area (Å²) < 4.78 is 16.8. The van der Waals surface area contributed by atoms with E-state index in [4.69, 9.17) is 14.2 Å². The zero-order chi connectivity index (χ0) is 44.4. The summed E-state index contributed by atoms with van der Waals surface area (Å²) in [6, 6.07) is 0. The van der Waals surface area contributed by atoms with Gasteiger partial charge in [0.05, 0.1) is 0 Å². The number of esters is 3. The van der Waals surface area contributed by atoms with Crippen LogP contribution in [0, 0.1) is 0 Å². The molecule has 1 unspecified atom stereocenters. The Labute approximate surface area is 380 Å². The molecule has 0 spiro atoms. The highest BCUT2D eigenvalue weighted by Gasteiger charge is 2.19. The molecule has 362 valence electrons. The molecule has 1 atom stereocenters. The van der Waals surface area contributed by atoms with Gasteiger partial charge >= 0.3 is 17.9 Å². The molecule has 6 nitrogen and oxygen atoms in total. The molecule has 0 aliphatic heterocycles. The Bertz CT molecular complexity index is 905. The number of carbonyl (C=O) groups excluding carboxylic acids is 3. The molecule has 0 heterocycles. The van der Waals surface area contributed by atoms with Gasteiger partial charge in [-0.25, -0.2) is 0 Å². The first kappa shape index (κ1) is 59.4. The molecule has 0 aromatic carbocycles. The molecule has 0 aromatic rings. The third-order valence-corrected chi connectivity index (χ3v) is 12.6. The predicted octanol–water partition coefficient (Wildman–Crippen LogP) is 18.0. The van der Waals surface area contributed by atoms with Crippen molar-refractivity contribution in [3.63, 3.8) is 0 Å². The van der Waals surface area contributed by atoms with E-state index in [0.717, 1.165) is 57.8 Å². The second-order valence-electron chi connectivity index (χ2n) is 18.9. The number of ether oxygens (including phenoxy) is 3. The molecule has 0 saturated heterocycles. The maximum Gasteiger partial charge on any atom is 0.306 e. The van der Waals surface area contributed by atoms with E-state index in [1.54, 1.807) is 0 Å². The van der Waals surface area contributed by atoms with Crippen LogP contribution in [0.2, 0.25) is 0 Å². The van der Waals surface area contributed by atoms with Crippen molar-refractivity contribution in [3.8, 4) is 0 Å². The summed E-state index contributed by atoms with van der Waals surface area (Å²) in [7, 11) is 0. The van der Waals surface area contributed by atoms with Crippen molar-refractivity contribution in [2.24, 2.45) is 0 Å². The summed E-state index contributed by atoms with van der Waals surface area (Å²) in [6.07, 6.45) is 55.3. The van der Waals surface area contributed by atoms with Gasteiger partial charge in [-0.2, -0.15) is 0 Å². The van der Waals surface area contributed by atoms with Gasteiger partial charge in [0.15, 0.2) is 6.10 Å². The molecule has 6 heteroatoms. The minimum absolute atomic E-state index is 0.0619. The van der Waals surface area contributed by atoms with Crippen molar-refractivity contribution >= 4 is 17.9 Å². The Morgan fingerprint density at radius 3 is 0.656 bits per heavy atom. The molecule has 0 aliphatic rings. The normalized spacial score (nSPS) is 11.9. The third kappa shape index (κ3) is 49.3. The lowest BCUT2D eigenvalue weighted by Crippen LogP contribution is -2.30. The molecule has 0 aromatic heterocycles. The molecule has 0 bridgehead atoms. The Morgan fingerprint density at radius 2 is 0.443 bits per heavy atom. The quantitative estimate of drug-likeness (QED) is 0.0344. The fourth-order valence-electron chi connectivity index (χ4n) is 8.45. The topological polar surface area (TPSA) is 78.9 Å². The van der Waals surface area contributed by atoms with Gasteiger partial charge in [-0.1, -0.05) is 278 Å². The van der Waals surface area contributed by atoms with Crippen LogP contribution < -0.4 is 0 Å². The lowest BCUT2D eigenvalue weighted by atomic mass is 10.0. The van der Waals surface area contributed by atoms with Gasteiger partial charge in [0.2, 0.25) is 0 Å². The summed E-state index contributed by atoms with van der Waals surface area (Å²) in [4.78, 5) is 37.9. The van der Waals surface area contributed by atoms with Crippen molar-refractivity contribution in [2.45, 2.75) is 322 Å². The standard InChI is InChI=1S/C55H106O6/c1-4-7-10-13-16-19-21-23-25-26-27-28-29-30-31-33-34-36-39-42-45-48-54(57)60-51-52(50-59-53(56)47-44-41-38-18-15-12-9-6-3)61-55(58)49-46-43-40-37-35-32-24-22-20-17-14-11-8-5-2/h52H,4-51H2,1-3H3. The largest absolute Gasteiger partial charge is 0.462 e. The number of rotatable bonds is 51. The van der Waals surface area contributed by atoms with Gasteiger partial charge in [-0.05, 0) is 19.3 Å². The maximum atomic E-state index is 12.8. The van der Waals surface area contributed by atoms with Gasteiger partial charge in [-0.15, -0.1) is 0 Å². The summed E-state index contributed by atoms with van der Waals surface area (Å²) in [5.74, 6) is -0.843. The van der Waals surface area contributed by atoms with Crippen LogP contribution in [0.4, 0.5) is 0 Å². The maximum absolute atomic E-state index is 12.8. The van der Waals surface area contributed by atoms with Crippen LogP contribution in [0.15, 0.2) is 0 Å². The number of hydrogen-bond donors (Lipinski definition) is 0. The summed E-state index contributed by atoms with van der Waals surface area (Å²) >= 11 is 0. The van der Waals surface area contributed by atoms with E-state index in [1.807, 2.05) is 0 Å². The van der Waals surface area contributed by atoms with Gasteiger partial charge in [0.1, 0.15) is 13.2 Å². The Morgan fingerprint density at radius 1 is 0.262 bits per heavy atom. The SMILES string of the molecule is CCCCCCCCCCCCCCCCCCCCCCCC(=O)OCC(COC(=O)CCCCCCCCCC)OC(=O)CCCCCCCCCCCCCCCC. The highest BCUT2D eigenvalue weighted by Crippen LogP contribution is 2.17. The van der Waals surface area contributed by atoms with E-state index < -0.39 is 6.10 Å². The van der Waals surface area contributed by atoms with Gasteiger partial charge in [0, 0.05) is 19.3 Å². The Kier molecular flexibility index (Phi) is 49.7. The highest BCUT2D eigenvalue weighted by atomic mass is 16.6. The minimum Gasteiger partial charge on any atom is -0.462 e. The van der Waals surface area contributed by atoms with Crippen LogP contribution in [0.3, 0.4) is 0 Å². The number of hydrogen-bond acceptors (Lipinski definition) is 6. The first-order valence-corrected chi connectivity index (χ1v) is 27.5. The van der Waals surface area contributed by atoms with E-state index in [2.05, 4.69) is 20.8 Å². The molecule has 61 heavy (non-hydrogen) atoms. The molecule has 0 amide bonds. The second-order valence-corrected chi connectivity index (χ2v) is 18.9. The Balaban J connectivity index is 4.15. The van der Waals surface area contributed by atoms with Gasteiger partial charge in [0.25, 0.3) is 0 Å². The number of unbranched alkanes of at least 4 members (excludes halogenated alkanes) is 40. The molecule has 0 aliphatic carbocycles. The van der Waals surface area contributed by atoms with Crippen LogP contribution in [0.5, 0.6) is 0 Å². The minimum atomic E-state index is -0.759. The molecular weight excluding hydrogens is 757 g/mol. The first-order valence-electron chi connectivity index (χ1n) is 27.5. The smallest absolute Gasteiger partial charge is 0.306 e. The zero-order valence-corrected chi connectivity index (χ0v) is 41.5. The average molecular weight is 863 g/mol. The fraction of sp³-hybridized carbons (Fsp3) is 0.945. The zero-order valence-electron chi connectivity index (χ0n) is 41.5. The summed E-state index contributed by atoms with van der Waals surface area (Å²) in [6.45, 7) is 6.66. The first-order chi connectivity index (χ1) is 30.0. The second kappa shape index (κ2) is 51.0. The summed E-state index contributed by atoms with van der Waals surface area (Å²) in [5, 5.41) is 0. The van der Waals surface area contributed by atoms with Crippen molar-refractivity contribution in [1.29, 1.82) is 0 Å². The lowest BCUT2D eigenvalue weighted by Gasteiger charge is -2.18. The van der Waals surface area contributed by atoms with Crippen molar-refractivity contribution in [2.75, 3.05) is 13.2 Å². The lowest BCUT2D eigenvalue weighted by molar-refractivity contribution is -0.167. The molecule has 0 rings (SSSR count). The van der Waals surface area contributed by atoms with Crippen LogP contribution in [-0.2, 0) is 28.6 Å². The van der Waals surface area contributed by atoms with Crippen molar-refractivity contribution < 1.29 is 28.6 Å². The van der Waals surface area contributed by atoms with E-state index in [9.17, 15) is 14.4 Å². The van der Waals surface area contributed by atoms with Crippen LogP contribution in [0.1, 0.15) is 316 Å². The molecule has 0 N–H and O–H groups in total. The van der Waals surface area contributed by atoms with Crippen LogP contribution in [0.25, 0.3) is 0 Å². The van der Waals surface area contributed by atoms with E-state index >= 15 is 0 Å². The van der Waals surface area contributed by atoms with Crippen molar-refractivity contribution in [1.82, 2.24) is 0 Å². The highest BCUT2D eigenvalue weighted by molar-refractivity contribution is 5.71. The van der Waals surface area contributed by atoms with Crippen LogP contribution >= 0.6 is 0 Å². The molecule has 0 radical (unpaired) electrons. The fourth-order valence-corrected chi connectivity index (χ4v) is 8.45. The Hall–Kier alpha value is -1.59. The van der Waals surface area contributed by atoms with E-state index in [0.29, 0.717) is 19.3 Å². The van der Waals surface area contributed by atoms with Gasteiger partial charge in [-0.3, -0.25) is 14.4 Å². The van der Waals surface area contributed by atoms with E-state index in [1.165, 1.54) is 218 Å². The van der Waals surface area contributed by atoms with Crippen molar-refractivity contribution in [3.05, 3.63) is 0 Å². The average Bonchev–Trinajstić information content (AvgIpc) is 3.26. The molecule has 0 saturated carbocycles. The van der Waals surface area contributed by atoms with E-state index in [-0.39, 0.29) is 31.1 Å². The molecular formula is C55H106O6. The predicted molar refractivity (Wildman–Crippen MR) is 261 cm³/mol.